The zero-order valence-corrected chi connectivity index (χ0v) is 9.63. The molecule has 0 aromatic heterocycles. The van der Waals surface area contributed by atoms with E-state index in [2.05, 4.69) is 0 Å². The highest BCUT2D eigenvalue weighted by Gasteiger charge is 2.39. The number of ketones is 1. The summed E-state index contributed by atoms with van der Waals surface area (Å²) in [4.78, 5) is 11.5. The number of hydrogen-bond acceptors (Lipinski definition) is 4. The molecule has 5 heteroatoms. The summed E-state index contributed by atoms with van der Waals surface area (Å²) in [7, 11) is -3.29. The summed E-state index contributed by atoms with van der Waals surface area (Å²) in [5.41, 5.74) is 0. The van der Waals surface area contributed by atoms with E-state index in [4.69, 9.17) is 4.74 Å². The number of Topliss-reactive ketones (excluding diaryl/α,β-unsaturated/α-hetero) is 1. The maximum Gasteiger partial charge on any atom is 0.162 e. The molecule has 1 aliphatic carbocycles. The molecule has 2 atom stereocenters. The highest BCUT2D eigenvalue weighted by atomic mass is 32.2. The lowest BCUT2D eigenvalue weighted by Gasteiger charge is -2.14. The molecule has 2 unspecified atom stereocenters. The van der Waals surface area contributed by atoms with E-state index in [-0.39, 0.29) is 23.6 Å². The van der Waals surface area contributed by atoms with Crippen LogP contribution in [0.2, 0.25) is 0 Å². The monoisotopic (exact) mass is 232 g/mol. The van der Waals surface area contributed by atoms with E-state index in [1.54, 1.807) is 6.92 Å². The van der Waals surface area contributed by atoms with E-state index in [9.17, 15) is 13.2 Å². The van der Waals surface area contributed by atoms with Gasteiger partial charge in [-0.3, -0.25) is 4.79 Å². The normalized spacial score (nSPS) is 31.8. The Morgan fingerprint density at radius 2 is 2.00 bits per heavy atom. The van der Waals surface area contributed by atoms with Crippen LogP contribution in [-0.2, 0) is 19.4 Å². The molecule has 2 fully saturated rings. The van der Waals surface area contributed by atoms with Gasteiger partial charge in [0, 0.05) is 12.5 Å². The summed E-state index contributed by atoms with van der Waals surface area (Å²) in [6.45, 7) is 2.25. The van der Waals surface area contributed by atoms with Crippen molar-refractivity contribution < 1.29 is 17.9 Å². The summed E-state index contributed by atoms with van der Waals surface area (Å²) in [6.07, 6.45) is 2.00. The average molecular weight is 232 g/mol. The largest absolute Gasteiger partial charge is 0.377 e. The Bertz CT molecular complexity index is 356. The van der Waals surface area contributed by atoms with Gasteiger partial charge in [0.05, 0.1) is 11.4 Å². The van der Waals surface area contributed by atoms with E-state index in [1.165, 1.54) is 0 Å². The second kappa shape index (κ2) is 3.87. The summed E-state index contributed by atoms with van der Waals surface area (Å²) in [5, 5.41) is -0.472. The first-order chi connectivity index (χ1) is 7.00. The van der Waals surface area contributed by atoms with E-state index in [1.807, 2.05) is 0 Å². The number of ether oxygens (including phenoxy) is 1. The molecule has 1 aliphatic heterocycles. The Kier molecular flexibility index (Phi) is 2.85. The van der Waals surface area contributed by atoms with Gasteiger partial charge >= 0.3 is 0 Å². The Balaban J connectivity index is 2.02. The molecular weight excluding hydrogens is 216 g/mol. The van der Waals surface area contributed by atoms with Crippen molar-refractivity contribution in [3.05, 3.63) is 0 Å². The van der Waals surface area contributed by atoms with Crippen LogP contribution in [0.4, 0.5) is 0 Å². The SMILES string of the molecule is CC1OCCC1S(=O)(=O)CC(=O)C1CC1. The fourth-order valence-electron chi connectivity index (χ4n) is 2.01. The predicted molar refractivity (Wildman–Crippen MR) is 55.3 cm³/mol. The number of sulfone groups is 1. The second-order valence-corrected chi connectivity index (χ2v) is 6.67. The fraction of sp³-hybridized carbons (Fsp3) is 0.900. The minimum atomic E-state index is -3.29. The average Bonchev–Trinajstić information content (AvgIpc) is 2.88. The first-order valence-electron chi connectivity index (χ1n) is 5.36. The summed E-state index contributed by atoms with van der Waals surface area (Å²) >= 11 is 0. The van der Waals surface area contributed by atoms with Crippen LogP contribution in [0.25, 0.3) is 0 Å². The van der Waals surface area contributed by atoms with Crippen LogP contribution in [0.5, 0.6) is 0 Å². The summed E-state index contributed by atoms with van der Waals surface area (Å²) in [5.74, 6) is -0.359. The van der Waals surface area contributed by atoms with Crippen molar-refractivity contribution >= 4 is 15.6 Å². The standard InChI is InChI=1S/C10H16O4S/c1-7-10(4-5-14-7)15(12,13)6-9(11)8-2-3-8/h7-8,10H,2-6H2,1H3. The molecule has 1 heterocycles. The van der Waals surface area contributed by atoms with Crippen LogP contribution in [0.1, 0.15) is 26.2 Å². The van der Waals surface area contributed by atoms with Gasteiger partial charge in [0.2, 0.25) is 0 Å². The molecule has 2 aliphatic rings. The van der Waals surface area contributed by atoms with Gasteiger partial charge in [0.15, 0.2) is 15.6 Å². The molecular formula is C10H16O4S. The van der Waals surface area contributed by atoms with Gasteiger partial charge in [-0.2, -0.15) is 0 Å². The van der Waals surface area contributed by atoms with E-state index >= 15 is 0 Å². The lowest BCUT2D eigenvalue weighted by molar-refractivity contribution is -0.117. The second-order valence-electron chi connectivity index (χ2n) is 4.45. The van der Waals surface area contributed by atoms with Crippen molar-refractivity contribution in [3.8, 4) is 0 Å². The first kappa shape index (κ1) is 11.1. The number of carbonyl (C=O) groups is 1. The van der Waals surface area contributed by atoms with Gasteiger partial charge in [-0.1, -0.05) is 0 Å². The molecule has 0 spiro atoms. The van der Waals surface area contributed by atoms with E-state index < -0.39 is 15.1 Å². The number of rotatable bonds is 4. The van der Waals surface area contributed by atoms with Crippen LogP contribution in [0.3, 0.4) is 0 Å². The maximum absolute atomic E-state index is 11.9. The molecule has 1 saturated heterocycles. The van der Waals surface area contributed by atoms with Crippen LogP contribution in [-0.4, -0.2) is 37.9 Å². The molecule has 2 rings (SSSR count). The third-order valence-electron chi connectivity index (χ3n) is 3.14. The van der Waals surface area contributed by atoms with Gasteiger partial charge in [-0.25, -0.2) is 8.42 Å². The topological polar surface area (TPSA) is 60.4 Å². The smallest absolute Gasteiger partial charge is 0.162 e. The van der Waals surface area contributed by atoms with E-state index in [0.717, 1.165) is 12.8 Å². The van der Waals surface area contributed by atoms with Gasteiger partial charge in [0.25, 0.3) is 0 Å². The molecule has 0 N–H and O–H groups in total. The molecule has 0 radical (unpaired) electrons. The minimum Gasteiger partial charge on any atom is -0.377 e. The lowest BCUT2D eigenvalue weighted by atomic mass is 10.3. The third-order valence-corrected chi connectivity index (χ3v) is 5.37. The van der Waals surface area contributed by atoms with Crippen molar-refractivity contribution in [2.24, 2.45) is 5.92 Å². The van der Waals surface area contributed by atoms with Crippen molar-refractivity contribution in [2.75, 3.05) is 12.4 Å². The number of carbonyl (C=O) groups excluding carboxylic acids is 1. The van der Waals surface area contributed by atoms with Gasteiger partial charge < -0.3 is 4.74 Å². The molecule has 0 amide bonds. The quantitative estimate of drug-likeness (QED) is 0.710. The zero-order chi connectivity index (χ0) is 11.1. The molecule has 0 aromatic carbocycles. The van der Waals surface area contributed by atoms with Crippen LogP contribution in [0, 0.1) is 5.92 Å². The Morgan fingerprint density at radius 1 is 1.33 bits per heavy atom. The van der Waals surface area contributed by atoms with Gasteiger partial charge in [0.1, 0.15) is 5.75 Å². The predicted octanol–water partition coefficient (Wildman–Crippen LogP) is 0.558. The van der Waals surface area contributed by atoms with E-state index in [0.29, 0.717) is 13.0 Å². The Hall–Kier alpha value is -0.420. The first-order valence-corrected chi connectivity index (χ1v) is 7.08. The Morgan fingerprint density at radius 3 is 2.47 bits per heavy atom. The fourth-order valence-corrected chi connectivity index (χ4v) is 3.98. The van der Waals surface area contributed by atoms with Crippen LogP contribution in [0.15, 0.2) is 0 Å². The third kappa shape index (κ3) is 2.39. The number of hydrogen-bond donors (Lipinski definition) is 0. The maximum atomic E-state index is 11.9. The van der Waals surface area contributed by atoms with Gasteiger partial charge in [-0.05, 0) is 26.2 Å². The molecule has 0 bridgehead atoms. The highest BCUT2D eigenvalue weighted by Crippen LogP contribution is 2.31. The highest BCUT2D eigenvalue weighted by molar-refractivity contribution is 7.92. The van der Waals surface area contributed by atoms with Crippen molar-refractivity contribution in [1.29, 1.82) is 0 Å². The van der Waals surface area contributed by atoms with Crippen LogP contribution < -0.4 is 0 Å². The Labute approximate surface area is 89.9 Å². The molecule has 86 valence electrons. The van der Waals surface area contributed by atoms with Crippen molar-refractivity contribution in [1.82, 2.24) is 0 Å². The molecule has 15 heavy (non-hydrogen) atoms. The molecule has 1 saturated carbocycles. The summed E-state index contributed by atoms with van der Waals surface area (Å²) < 4.78 is 29.0. The minimum absolute atomic E-state index is 0.0254. The van der Waals surface area contributed by atoms with Crippen LogP contribution >= 0.6 is 0 Å². The van der Waals surface area contributed by atoms with Gasteiger partial charge in [-0.15, -0.1) is 0 Å². The molecule has 4 nitrogen and oxygen atoms in total. The lowest BCUT2D eigenvalue weighted by Crippen LogP contribution is -2.33. The zero-order valence-electron chi connectivity index (χ0n) is 8.81. The van der Waals surface area contributed by atoms with Crippen molar-refractivity contribution in [2.45, 2.75) is 37.5 Å². The van der Waals surface area contributed by atoms with Crippen molar-refractivity contribution in [3.63, 3.8) is 0 Å². The molecule has 0 aromatic rings. The summed E-state index contributed by atoms with van der Waals surface area (Å²) in [6, 6.07) is 0.